The van der Waals surface area contributed by atoms with Crippen LogP contribution >= 0.6 is 23.2 Å². The van der Waals surface area contributed by atoms with Crippen LogP contribution in [0.5, 0.6) is 0 Å². The van der Waals surface area contributed by atoms with Gasteiger partial charge in [-0.15, -0.1) is 0 Å². The van der Waals surface area contributed by atoms with Crippen LogP contribution in [0.3, 0.4) is 0 Å². The Balaban J connectivity index is 2.67. The molecule has 0 aromatic heterocycles. The number of hydrogen-bond donors (Lipinski definition) is 2. The molecule has 0 spiro atoms. The first-order valence-corrected chi connectivity index (χ1v) is 8.70. The molecule has 0 heterocycles. The van der Waals surface area contributed by atoms with Gasteiger partial charge in [0.05, 0.1) is 26.8 Å². The van der Waals surface area contributed by atoms with Gasteiger partial charge in [-0.25, -0.2) is 8.42 Å². The van der Waals surface area contributed by atoms with E-state index in [9.17, 15) is 13.5 Å². The summed E-state index contributed by atoms with van der Waals surface area (Å²) in [6.07, 6.45) is -0.965. The second-order valence-corrected chi connectivity index (χ2v) is 7.91. The normalized spacial score (nSPS) is 13.7. The lowest BCUT2D eigenvalue weighted by molar-refractivity contribution is 0.192. The Morgan fingerprint density at radius 3 is 2.40 bits per heavy atom. The fourth-order valence-electron chi connectivity index (χ4n) is 1.62. The van der Waals surface area contributed by atoms with Gasteiger partial charge in [0.1, 0.15) is 0 Å². The van der Waals surface area contributed by atoms with Gasteiger partial charge < -0.3 is 10.4 Å². The van der Waals surface area contributed by atoms with E-state index in [1.807, 2.05) is 13.8 Å². The van der Waals surface area contributed by atoms with E-state index in [0.29, 0.717) is 10.9 Å². The Labute approximate surface area is 130 Å². The smallest absolute Gasteiger partial charge is 0.181 e. The highest BCUT2D eigenvalue weighted by atomic mass is 35.5. The van der Waals surface area contributed by atoms with Crippen molar-refractivity contribution in [3.05, 3.63) is 28.2 Å². The average molecular weight is 340 g/mol. The van der Waals surface area contributed by atoms with E-state index in [-0.39, 0.29) is 22.2 Å². The SMILES string of the molecule is CC(C)CNCC(O)CS(=O)(=O)c1ccc(Cl)c(Cl)c1. The molecule has 4 nitrogen and oxygen atoms in total. The summed E-state index contributed by atoms with van der Waals surface area (Å²) in [6.45, 7) is 5.03. The van der Waals surface area contributed by atoms with E-state index in [2.05, 4.69) is 5.32 Å². The lowest BCUT2D eigenvalue weighted by Gasteiger charge is -2.14. The molecule has 0 fully saturated rings. The highest BCUT2D eigenvalue weighted by Crippen LogP contribution is 2.25. The van der Waals surface area contributed by atoms with Gasteiger partial charge in [-0.2, -0.15) is 0 Å². The summed E-state index contributed by atoms with van der Waals surface area (Å²) in [5.74, 6) is 0.0876. The van der Waals surface area contributed by atoms with Crippen molar-refractivity contribution >= 4 is 33.0 Å². The van der Waals surface area contributed by atoms with E-state index >= 15 is 0 Å². The third kappa shape index (κ3) is 5.58. The molecule has 114 valence electrons. The Morgan fingerprint density at radius 2 is 1.85 bits per heavy atom. The standard InChI is InChI=1S/C13H19Cl2NO3S/c1-9(2)6-16-7-10(17)8-20(18,19)11-3-4-12(14)13(15)5-11/h3-5,9-10,16-17H,6-8H2,1-2H3. The number of halogens is 2. The summed E-state index contributed by atoms with van der Waals surface area (Å²) in [5.41, 5.74) is 0. The first-order valence-electron chi connectivity index (χ1n) is 6.29. The highest BCUT2D eigenvalue weighted by Gasteiger charge is 2.20. The first-order chi connectivity index (χ1) is 9.22. The van der Waals surface area contributed by atoms with Gasteiger partial charge in [-0.05, 0) is 30.7 Å². The average Bonchev–Trinajstić information content (AvgIpc) is 2.31. The molecule has 0 radical (unpaired) electrons. The fourth-order valence-corrected chi connectivity index (χ4v) is 3.37. The molecule has 7 heteroatoms. The lowest BCUT2D eigenvalue weighted by Crippen LogP contribution is -2.34. The summed E-state index contributed by atoms with van der Waals surface area (Å²) in [4.78, 5) is 0.0646. The molecule has 0 aliphatic rings. The summed E-state index contributed by atoms with van der Waals surface area (Å²) in [7, 11) is -3.58. The van der Waals surface area contributed by atoms with Crippen molar-refractivity contribution in [1.29, 1.82) is 0 Å². The zero-order valence-corrected chi connectivity index (χ0v) is 13.8. The lowest BCUT2D eigenvalue weighted by atomic mass is 10.2. The van der Waals surface area contributed by atoms with Gasteiger partial charge in [-0.1, -0.05) is 37.0 Å². The highest BCUT2D eigenvalue weighted by molar-refractivity contribution is 7.91. The van der Waals surface area contributed by atoms with Crippen molar-refractivity contribution in [2.24, 2.45) is 5.92 Å². The Hall–Kier alpha value is -0.330. The molecule has 0 aliphatic carbocycles. The van der Waals surface area contributed by atoms with Crippen molar-refractivity contribution < 1.29 is 13.5 Å². The minimum atomic E-state index is -3.58. The van der Waals surface area contributed by atoms with Crippen LogP contribution in [-0.2, 0) is 9.84 Å². The molecule has 1 rings (SSSR count). The van der Waals surface area contributed by atoms with Crippen molar-refractivity contribution in [3.8, 4) is 0 Å². The maximum Gasteiger partial charge on any atom is 0.181 e. The second kappa shape index (κ2) is 7.61. The topological polar surface area (TPSA) is 66.4 Å². The number of hydrogen-bond acceptors (Lipinski definition) is 4. The van der Waals surface area contributed by atoms with E-state index in [0.717, 1.165) is 6.54 Å². The number of sulfone groups is 1. The van der Waals surface area contributed by atoms with Crippen molar-refractivity contribution in [3.63, 3.8) is 0 Å². The van der Waals surface area contributed by atoms with Crippen LogP contribution in [0.1, 0.15) is 13.8 Å². The third-order valence-corrected chi connectivity index (χ3v) is 5.13. The number of aliphatic hydroxyl groups excluding tert-OH is 1. The van der Waals surface area contributed by atoms with Crippen LogP contribution in [0, 0.1) is 5.92 Å². The van der Waals surface area contributed by atoms with Gasteiger partial charge in [0, 0.05) is 6.54 Å². The molecule has 1 aromatic rings. The first kappa shape index (κ1) is 17.7. The molecule has 0 bridgehead atoms. The molecule has 1 unspecified atom stereocenters. The molecule has 0 saturated carbocycles. The molecule has 2 N–H and O–H groups in total. The van der Waals surface area contributed by atoms with E-state index in [1.54, 1.807) is 0 Å². The molecule has 1 atom stereocenters. The van der Waals surface area contributed by atoms with Gasteiger partial charge in [-0.3, -0.25) is 0 Å². The van der Waals surface area contributed by atoms with Gasteiger partial charge >= 0.3 is 0 Å². The van der Waals surface area contributed by atoms with Crippen molar-refractivity contribution in [1.82, 2.24) is 5.32 Å². The van der Waals surface area contributed by atoms with Crippen molar-refractivity contribution in [2.75, 3.05) is 18.8 Å². The zero-order valence-electron chi connectivity index (χ0n) is 11.4. The van der Waals surface area contributed by atoms with Gasteiger partial charge in [0.2, 0.25) is 0 Å². The minimum Gasteiger partial charge on any atom is -0.391 e. The molecular weight excluding hydrogens is 321 g/mol. The maximum atomic E-state index is 12.1. The van der Waals surface area contributed by atoms with Crippen molar-refractivity contribution in [2.45, 2.75) is 24.8 Å². The Bertz CT molecular complexity index is 547. The second-order valence-electron chi connectivity index (χ2n) is 5.06. The number of nitrogens with one attached hydrogen (secondary N) is 1. The van der Waals surface area contributed by atoms with Gasteiger partial charge in [0.25, 0.3) is 0 Å². The van der Waals surface area contributed by atoms with Gasteiger partial charge in [0.15, 0.2) is 9.84 Å². The predicted octanol–water partition coefficient (Wildman–Crippen LogP) is 2.37. The molecule has 0 saturated heterocycles. The fraction of sp³-hybridized carbons (Fsp3) is 0.538. The molecule has 0 amide bonds. The monoisotopic (exact) mass is 339 g/mol. The summed E-state index contributed by atoms with van der Waals surface area (Å²) in [5, 5.41) is 13.3. The quantitative estimate of drug-likeness (QED) is 0.800. The minimum absolute atomic E-state index is 0.0646. The largest absolute Gasteiger partial charge is 0.391 e. The van der Waals surface area contributed by atoms with Crippen LogP contribution in [0.15, 0.2) is 23.1 Å². The molecule has 0 aliphatic heterocycles. The molecular formula is C13H19Cl2NO3S. The number of benzene rings is 1. The van der Waals surface area contributed by atoms with E-state index in [1.165, 1.54) is 18.2 Å². The summed E-state index contributed by atoms with van der Waals surface area (Å²) >= 11 is 11.6. The number of aliphatic hydroxyl groups is 1. The van der Waals surface area contributed by atoms with Crippen LogP contribution in [0.25, 0.3) is 0 Å². The van der Waals surface area contributed by atoms with Crippen LogP contribution in [-0.4, -0.2) is 38.5 Å². The van der Waals surface area contributed by atoms with E-state index < -0.39 is 15.9 Å². The molecule has 20 heavy (non-hydrogen) atoms. The predicted molar refractivity (Wildman–Crippen MR) is 82.2 cm³/mol. The summed E-state index contributed by atoms with van der Waals surface area (Å²) < 4.78 is 24.2. The summed E-state index contributed by atoms with van der Waals surface area (Å²) in [6, 6.07) is 4.12. The zero-order chi connectivity index (χ0) is 15.3. The van der Waals surface area contributed by atoms with Crippen LogP contribution in [0.4, 0.5) is 0 Å². The van der Waals surface area contributed by atoms with Crippen LogP contribution < -0.4 is 5.32 Å². The van der Waals surface area contributed by atoms with Crippen LogP contribution in [0.2, 0.25) is 10.0 Å². The maximum absolute atomic E-state index is 12.1. The Morgan fingerprint density at radius 1 is 1.20 bits per heavy atom. The Kier molecular flexibility index (Phi) is 6.75. The van der Waals surface area contributed by atoms with E-state index in [4.69, 9.17) is 23.2 Å². The molecule has 1 aromatic carbocycles. The third-order valence-electron chi connectivity index (χ3n) is 2.59. The number of rotatable bonds is 7.